The summed E-state index contributed by atoms with van der Waals surface area (Å²) < 4.78 is 57.2. The van der Waals surface area contributed by atoms with Crippen LogP contribution in [0.4, 0.5) is 11.5 Å². The molecular formula is C15H17N3O6S2. The molecule has 0 aliphatic carbocycles. The van der Waals surface area contributed by atoms with E-state index in [0.717, 1.165) is 4.31 Å². The molecule has 1 aliphatic heterocycles. The van der Waals surface area contributed by atoms with Crippen LogP contribution >= 0.6 is 0 Å². The number of anilines is 2. The molecule has 1 aromatic carbocycles. The number of hydrogen-bond donors (Lipinski definition) is 1. The number of benzene rings is 1. The molecule has 1 aromatic heterocycles. The average molecular weight is 399 g/mol. The Morgan fingerprint density at radius 3 is 2.46 bits per heavy atom. The number of sulfonamides is 2. The molecule has 1 aliphatic rings. The topological polar surface area (TPSA) is 127 Å². The smallest absolute Gasteiger partial charge is 0.263 e. The van der Waals surface area contributed by atoms with E-state index in [1.165, 1.54) is 38.1 Å². The van der Waals surface area contributed by atoms with Gasteiger partial charge in [0.2, 0.25) is 15.9 Å². The Morgan fingerprint density at radius 2 is 1.96 bits per heavy atom. The molecule has 0 bridgehead atoms. The maximum atomic E-state index is 12.5. The van der Waals surface area contributed by atoms with Gasteiger partial charge in [-0.3, -0.25) is 9.52 Å². The van der Waals surface area contributed by atoms with Gasteiger partial charge in [0.15, 0.2) is 5.82 Å². The Bertz CT molecular complexity index is 1090. The lowest BCUT2D eigenvalue weighted by Crippen LogP contribution is -2.30. The number of hydrogen-bond acceptors (Lipinski definition) is 7. The van der Waals surface area contributed by atoms with Crippen LogP contribution in [0.25, 0.3) is 0 Å². The third-order valence-corrected chi connectivity index (χ3v) is 7.29. The van der Waals surface area contributed by atoms with Crippen molar-refractivity contribution in [2.75, 3.05) is 14.8 Å². The van der Waals surface area contributed by atoms with E-state index in [1.54, 1.807) is 6.92 Å². The maximum Gasteiger partial charge on any atom is 0.263 e. The molecule has 1 N–H and O–H groups in total. The molecule has 11 heteroatoms. The molecule has 1 saturated heterocycles. The molecule has 1 amide bonds. The number of aryl methyl sites for hydroxylation is 2. The second kappa shape index (κ2) is 6.09. The van der Waals surface area contributed by atoms with Crippen molar-refractivity contribution in [2.45, 2.75) is 25.7 Å². The first kappa shape index (κ1) is 18.4. The predicted molar refractivity (Wildman–Crippen MR) is 93.7 cm³/mol. The van der Waals surface area contributed by atoms with Crippen molar-refractivity contribution >= 4 is 37.5 Å². The summed E-state index contributed by atoms with van der Waals surface area (Å²) in [6, 6.07) is 5.34. The highest BCUT2D eigenvalue weighted by molar-refractivity contribution is 7.94. The third-order valence-electron chi connectivity index (χ3n) is 3.91. The quantitative estimate of drug-likeness (QED) is 0.823. The molecule has 26 heavy (non-hydrogen) atoms. The van der Waals surface area contributed by atoms with Gasteiger partial charge in [0.1, 0.15) is 5.76 Å². The third kappa shape index (κ3) is 3.19. The van der Waals surface area contributed by atoms with Crippen LogP contribution in [0.3, 0.4) is 0 Å². The molecule has 2 heterocycles. The van der Waals surface area contributed by atoms with Crippen LogP contribution in [0.1, 0.15) is 18.2 Å². The minimum absolute atomic E-state index is 0.0390. The molecule has 1 atom stereocenters. The molecule has 0 saturated carbocycles. The minimum Gasteiger partial charge on any atom is -0.360 e. The minimum atomic E-state index is -3.95. The van der Waals surface area contributed by atoms with Gasteiger partial charge in [0.05, 0.1) is 22.3 Å². The van der Waals surface area contributed by atoms with E-state index < -0.39 is 31.9 Å². The van der Waals surface area contributed by atoms with Gasteiger partial charge in [-0.25, -0.2) is 21.1 Å². The number of aromatic nitrogens is 1. The van der Waals surface area contributed by atoms with Gasteiger partial charge in [-0.1, -0.05) is 12.1 Å². The van der Waals surface area contributed by atoms with Crippen LogP contribution in [-0.4, -0.2) is 33.7 Å². The second-order valence-electron chi connectivity index (χ2n) is 6.16. The Labute approximate surface area is 151 Å². The zero-order valence-corrected chi connectivity index (χ0v) is 15.9. The highest BCUT2D eigenvalue weighted by Crippen LogP contribution is 2.31. The van der Waals surface area contributed by atoms with Crippen molar-refractivity contribution < 1.29 is 26.2 Å². The van der Waals surface area contributed by atoms with Crippen molar-refractivity contribution in [3.05, 3.63) is 35.6 Å². The molecular weight excluding hydrogens is 382 g/mol. The van der Waals surface area contributed by atoms with Crippen molar-refractivity contribution in [1.29, 1.82) is 0 Å². The van der Waals surface area contributed by atoms with Crippen molar-refractivity contribution in [2.24, 2.45) is 5.92 Å². The van der Waals surface area contributed by atoms with Gasteiger partial charge in [-0.15, -0.1) is 0 Å². The van der Waals surface area contributed by atoms with E-state index in [0.29, 0.717) is 5.76 Å². The van der Waals surface area contributed by atoms with Crippen molar-refractivity contribution in [3.8, 4) is 0 Å². The Morgan fingerprint density at radius 1 is 1.27 bits per heavy atom. The molecule has 1 unspecified atom stereocenters. The van der Waals surface area contributed by atoms with Crippen LogP contribution in [0, 0.1) is 19.8 Å². The van der Waals surface area contributed by atoms with Gasteiger partial charge in [0.25, 0.3) is 10.0 Å². The highest BCUT2D eigenvalue weighted by Gasteiger charge is 2.42. The summed E-state index contributed by atoms with van der Waals surface area (Å²) in [6.45, 7) is 4.68. The number of carbonyl (C=O) groups excluding carboxylic acids is 1. The number of carbonyl (C=O) groups is 1. The van der Waals surface area contributed by atoms with E-state index in [2.05, 4.69) is 9.88 Å². The molecule has 2 aromatic rings. The standard InChI is InChI=1S/C15H17N3O6S2/c1-9-6-12(18-15(19)10(2)8-25(18,20)21)4-5-13(9)26(22,23)17-14-7-11(3)24-16-14/h4-7,10H,8H2,1-3H3,(H,16,17). The number of nitrogens with one attached hydrogen (secondary N) is 1. The van der Waals surface area contributed by atoms with E-state index in [1.807, 2.05) is 0 Å². The lowest BCUT2D eigenvalue weighted by molar-refractivity contribution is -0.119. The molecule has 140 valence electrons. The summed E-state index contributed by atoms with van der Waals surface area (Å²) in [7, 11) is -7.70. The van der Waals surface area contributed by atoms with Crippen molar-refractivity contribution in [1.82, 2.24) is 5.16 Å². The first-order chi connectivity index (χ1) is 12.0. The van der Waals surface area contributed by atoms with Gasteiger partial charge in [-0.2, -0.15) is 0 Å². The van der Waals surface area contributed by atoms with Crippen LogP contribution < -0.4 is 9.03 Å². The van der Waals surface area contributed by atoms with Crippen LogP contribution in [0.2, 0.25) is 0 Å². The first-order valence-corrected chi connectivity index (χ1v) is 10.7. The van der Waals surface area contributed by atoms with Gasteiger partial charge >= 0.3 is 0 Å². The normalized spacial score (nSPS) is 19.7. The van der Waals surface area contributed by atoms with Gasteiger partial charge in [0, 0.05) is 6.07 Å². The van der Waals surface area contributed by atoms with Gasteiger partial charge in [-0.05, 0) is 37.6 Å². The Balaban J connectivity index is 1.96. The zero-order chi connectivity index (χ0) is 19.3. The average Bonchev–Trinajstić information content (AvgIpc) is 2.98. The molecule has 1 fully saturated rings. The number of nitrogens with zero attached hydrogens (tertiary/aromatic N) is 2. The van der Waals surface area contributed by atoms with E-state index in [4.69, 9.17) is 4.52 Å². The Hall–Kier alpha value is -2.40. The summed E-state index contributed by atoms with van der Waals surface area (Å²) in [5, 5.41) is 3.58. The van der Waals surface area contributed by atoms with E-state index >= 15 is 0 Å². The summed E-state index contributed by atoms with van der Waals surface area (Å²) in [6.07, 6.45) is 0. The van der Waals surface area contributed by atoms with E-state index in [9.17, 15) is 21.6 Å². The largest absolute Gasteiger partial charge is 0.360 e. The van der Waals surface area contributed by atoms with Crippen LogP contribution in [0.5, 0.6) is 0 Å². The lowest BCUT2D eigenvalue weighted by atomic mass is 10.2. The molecule has 0 spiro atoms. The molecule has 9 nitrogen and oxygen atoms in total. The monoisotopic (exact) mass is 399 g/mol. The number of rotatable bonds is 4. The van der Waals surface area contributed by atoms with Gasteiger partial charge < -0.3 is 4.52 Å². The SMILES string of the molecule is Cc1cc(NS(=O)(=O)c2ccc(N3C(=O)C(C)CS3(=O)=O)cc2C)no1. The fourth-order valence-electron chi connectivity index (χ4n) is 2.76. The maximum absolute atomic E-state index is 12.5. The fraction of sp³-hybridized carbons (Fsp3) is 0.333. The Kier molecular flexibility index (Phi) is 4.31. The summed E-state index contributed by atoms with van der Waals surface area (Å²) >= 11 is 0. The summed E-state index contributed by atoms with van der Waals surface area (Å²) in [5.74, 6) is -0.950. The predicted octanol–water partition coefficient (Wildman–Crippen LogP) is 1.40. The molecule has 0 radical (unpaired) electrons. The fourth-order valence-corrected chi connectivity index (χ4v) is 5.78. The summed E-state index contributed by atoms with van der Waals surface area (Å²) in [5.41, 5.74) is 0.408. The van der Waals surface area contributed by atoms with Crippen LogP contribution in [0.15, 0.2) is 33.7 Å². The van der Waals surface area contributed by atoms with Crippen molar-refractivity contribution in [3.63, 3.8) is 0 Å². The lowest BCUT2D eigenvalue weighted by Gasteiger charge is -2.17. The van der Waals surface area contributed by atoms with E-state index in [-0.39, 0.29) is 27.7 Å². The number of amides is 1. The second-order valence-corrected chi connectivity index (χ2v) is 9.67. The molecule has 3 rings (SSSR count). The summed E-state index contributed by atoms with van der Waals surface area (Å²) in [4.78, 5) is 12.1. The van der Waals surface area contributed by atoms with Crippen LogP contribution in [-0.2, 0) is 24.8 Å². The highest BCUT2D eigenvalue weighted by atomic mass is 32.2. The first-order valence-electron chi connectivity index (χ1n) is 7.65. The zero-order valence-electron chi connectivity index (χ0n) is 14.3.